The molecular weight excluding hydrogens is 364 g/mol. The molecule has 0 saturated carbocycles. The van der Waals surface area contributed by atoms with Gasteiger partial charge in [-0.2, -0.15) is 4.99 Å². The molecule has 3 aromatic rings. The summed E-state index contributed by atoms with van der Waals surface area (Å²) >= 11 is 1.61. The lowest BCUT2D eigenvalue weighted by molar-refractivity contribution is 0.0997. The molecule has 0 spiro atoms. The first kappa shape index (κ1) is 20.3. The van der Waals surface area contributed by atoms with Crippen molar-refractivity contribution in [2.24, 2.45) is 4.99 Å². The van der Waals surface area contributed by atoms with Crippen LogP contribution in [-0.2, 0) is 18.4 Å². The molecule has 0 aliphatic rings. The van der Waals surface area contributed by atoms with Gasteiger partial charge in [0.2, 0.25) is 0 Å². The Kier molecular flexibility index (Phi) is 5.99. The van der Waals surface area contributed by atoms with E-state index in [1.807, 2.05) is 42.5 Å². The molecule has 0 bridgehead atoms. The van der Waals surface area contributed by atoms with Crippen molar-refractivity contribution in [3.05, 3.63) is 75.4 Å². The van der Waals surface area contributed by atoms with Gasteiger partial charge in [0.05, 0.1) is 5.69 Å². The number of thiazole rings is 1. The highest BCUT2D eigenvalue weighted by atomic mass is 32.1. The van der Waals surface area contributed by atoms with Crippen LogP contribution < -0.4 is 4.80 Å². The van der Waals surface area contributed by atoms with Gasteiger partial charge in [-0.05, 0) is 42.0 Å². The third-order valence-electron chi connectivity index (χ3n) is 4.86. The van der Waals surface area contributed by atoms with Crippen molar-refractivity contribution in [3.8, 4) is 11.3 Å². The Morgan fingerprint density at radius 3 is 2.18 bits per heavy atom. The van der Waals surface area contributed by atoms with Crippen LogP contribution in [0.4, 0.5) is 0 Å². The second kappa shape index (κ2) is 8.27. The summed E-state index contributed by atoms with van der Waals surface area (Å²) in [7, 11) is 0. The number of benzene rings is 2. The number of hydrogen-bond acceptors (Lipinski definition) is 2. The first-order chi connectivity index (χ1) is 13.3. The van der Waals surface area contributed by atoms with E-state index in [9.17, 15) is 4.79 Å². The Hall–Kier alpha value is -2.46. The van der Waals surface area contributed by atoms with E-state index in [-0.39, 0.29) is 11.3 Å². The highest BCUT2D eigenvalue weighted by Crippen LogP contribution is 2.26. The van der Waals surface area contributed by atoms with Crippen molar-refractivity contribution < 1.29 is 4.79 Å². The molecule has 0 atom stereocenters. The molecule has 0 N–H and O–H groups in total. The normalized spacial score (nSPS) is 12.4. The number of carbonyl (C=O) groups is 1. The van der Waals surface area contributed by atoms with E-state index in [1.54, 1.807) is 11.3 Å². The van der Waals surface area contributed by atoms with Crippen molar-refractivity contribution in [2.75, 3.05) is 0 Å². The number of aryl methyl sites for hydroxylation is 1. The minimum absolute atomic E-state index is 0.0678. The van der Waals surface area contributed by atoms with E-state index in [0.717, 1.165) is 17.8 Å². The van der Waals surface area contributed by atoms with Gasteiger partial charge in [-0.3, -0.25) is 4.79 Å². The summed E-state index contributed by atoms with van der Waals surface area (Å²) < 4.78 is 2.15. The van der Waals surface area contributed by atoms with Gasteiger partial charge in [0.1, 0.15) is 0 Å². The first-order valence-corrected chi connectivity index (χ1v) is 10.6. The van der Waals surface area contributed by atoms with Gasteiger partial charge >= 0.3 is 0 Å². The molecule has 146 valence electrons. The van der Waals surface area contributed by atoms with Gasteiger partial charge in [0.15, 0.2) is 4.80 Å². The fraction of sp³-hybridized carbons (Fsp3) is 0.333. The van der Waals surface area contributed by atoms with Crippen LogP contribution in [0.5, 0.6) is 0 Å². The van der Waals surface area contributed by atoms with E-state index in [4.69, 9.17) is 0 Å². The lowest BCUT2D eigenvalue weighted by atomic mass is 9.87. The van der Waals surface area contributed by atoms with E-state index in [0.29, 0.717) is 5.56 Å². The van der Waals surface area contributed by atoms with Gasteiger partial charge in [0, 0.05) is 17.0 Å². The molecule has 1 amide bonds. The van der Waals surface area contributed by atoms with Crippen LogP contribution in [0.2, 0.25) is 0 Å². The van der Waals surface area contributed by atoms with Gasteiger partial charge in [-0.25, -0.2) is 0 Å². The molecule has 0 fully saturated rings. The molecule has 1 heterocycles. The molecule has 2 aromatic carbocycles. The minimum atomic E-state index is -0.189. The lowest BCUT2D eigenvalue weighted by Gasteiger charge is -2.18. The standard InChI is InChI=1S/C24H28N2OS/c1-6-20-21(17-11-9-8-10-12-17)26(7-2)23(28-20)25-22(27)18-13-15-19(16-14-18)24(3,4)5/h8-16H,6-7H2,1-5H3. The number of carbonyl (C=O) groups excluding carboxylic acids is 1. The zero-order valence-corrected chi connectivity index (χ0v) is 18.1. The summed E-state index contributed by atoms with van der Waals surface area (Å²) in [6.45, 7) is 11.5. The zero-order chi connectivity index (χ0) is 20.3. The maximum absolute atomic E-state index is 12.8. The average Bonchev–Trinajstić information content (AvgIpc) is 3.05. The Labute approximate surface area is 171 Å². The average molecular weight is 393 g/mol. The number of aromatic nitrogens is 1. The molecule has 0 radical (unpaired) electrons. The minimum Gasteiger partial charge on any atom is -0.316 e. The molecular formula is C24H28N2OS. The predicted molar refractivity (Wildman–Crippen MR) is 118 cm³/mol. The fourth-order valence-corrected chi connectivity index (χ4v) is 4.40. The van der Waals surface area contributed by atoms with E-state index in [2.05, 4.69) is 56.3 Å². The summed E-state index contributed by atoms with van der Waals surface area (Å²) in [5.41, 5.74) is 4.25. The Morgan fingerprint density at radius 2 is 1.64 bits per heavy atom. The number of hydrogen-bond donors (Lipinski definition) is 0. The van der Waals surface area contributed by atoms with Gasteiger partial charge < -0.3 is 4.57 Å². The smallest absolute Gasteiger partial charge is 0.279 e. The third kappa shape index (κ3) is 4.17. The van der Waals surface area contributed by atoms with Crippen molar-refractivity contribution in [3.63, 3.8) is 0 Å². The van der Waals surface area contributed by atoms with Crippen molar-refractivity contribution >= 4 is 17.2 Å². The summed E-state index contributed by atoms with van der Waals surface area (Å²) in [5, 5.41) is 0. The van der Waals surface area contributed by atoms with Gasteiger partial charge in [-0.1, -0.05) is 70.2 Å². The van der Waals surface area contributed by atoms with Crippen LogP contribution in [0.1, 0.15) is 55.4 Å². The quantitative estimate of drug-likeness (QED) is 0.549. The summed E-state index contributed by atoms with van der Waals surface area (Å²) in [5.74, 6) is -0.189. The van der Waals surface area contributed by atoms with Crippen molar-refractivity contribution in [2.45, 2.75) is 53.0 Å². The van der Waals surface area contributed by atoms with Crippen LogP contribution in [0.3, 0.4) is 0 Å². The highest BCUT2D eigenvalue weighted by molar-refractivity contribution is 7.09. The van der Waals surface area contributed by atoms with Gasteiger partial charge in [0.25, 0.3) is 5.91 Å². The SMILES string of the molecule is CCc1sc(=NC(=O)c2ccc(C(C)(C)C)cc2)n(CC)c1-c1ccccc1. The van der Waals surface area contributed by atoms with Crippen LogP contribution >= 0.6 is 11.3 Å². The maximum Gasteiger partial charge on any atom is 0.279 e. The van der Waals surface area contributed by atoms with E-state index < -0.39 is 0 Å². The topological polar surface area (TPSA) is 34.4 Å². The predicted octanol–water partition coefficient (Wildman–Crippen LogP) is 5.84. The van der Waals surface area contributed by atoms with Crippen LogP contribution in [0.25, 0.3) is 11.3 Å². The molecule has 28 heavy (non-hydrogen) atoms. The van der Waals surface area contributed by atoms with Gasteiger partial charge in [-0.15, -0.1) is 11.3 Å². The highest BCUT2D eigenvalue weighted by Gasteiger charge is 2.16. The molecule has 0 saturated heterocycles. The maximum atomic E-state index is 12.8. The molecule has 3 nitrogen and oxygen atoms in total. The summed E-state index contributed by atoms with van der Waals surface area (Å²) in [4.78, 5) is 19.3. The second-order valence-corrected chi connectivity index (χ2v) is 8.93. The second-order valence-electron chi connectivity index (χ2n) is 7.86. The largest absolute Gasteiger partial charge is 0.316 e. The zero-order valence-electron chi connectivity index (χ0n) is 17.3. The molecule has 0 aliphatic heterocycles. The Bertz CT molecular complexity index is 1020. The summed E-state index contributed by atoms with van der Waals surface area (Å²) in [6.07, 6.45) is 0.916. The van der Waals surface area contributed by atoms with Crippen LogP contribution in [-0.4, -0.2) is 10.5 Å². The first-order valence-electron chi connectivity index (χ1n) is 9.82. The number of rotatable bonds is 4. The molecule has 0 unspecified atom stereocenters. The molecule has 1 aromatic heterocycles. The monoisotopic (exact) mass is 392 g/mol. The number of nitrogens with zero attached hydrogens (tertiary/aromatic N) is 2. The Balaban J connectivity index is 2.04. The van der Waals surface area contributed by atoms with E-state index >= 15 is 0 Å². The fourth-order valence-electron chi connectivity index (χ4n) is 3.25. The lowest BCUT2D eigenvalue weighted by Crippen LogP contribution is -2.17. The molecule has 0 aliphatic carbocycles. The molecule has 4 heteroatoms. The van der Waals surface area contributed by atoms with Crippen LogP contribution in [0.15, 0.2) is 59.6 Å². The third-order valence-corrected chi connectivity index (χ3v) is 6.08. The van der Waals surface area contributed by atoms with Crippen molar-refractivity contribution in [1.29, 1.82) is 0 Å². The number of amides is 1. The Morgan fingerprint density at radius 1 is 1.00 bits per heavy atom. The van der Waals surface area contributed by atoms with Crippen LogP contribution in [0, 0.1) is 0 Å². The summed E-state index contributed by atoms with van der Waals surface area (Å²) in [6, 6.07) is 18.2. The van der Waals surface area contributed by atoms with Crippen molar-refractivity contribution in [1.82, 2.24) is 4.57 Å². The van der Waals surface area contributed by atoms with E-state index in [1.165, 1.54) is 21.7 Å². The molecule has 3 rings (SSSR count).